The molecule has 2 N–H and O–H groups in total. The summed E-state index contributed by atoms with van der Waals surface area (Å²) in [6.07, 6.45) is 0.620. The molecule has 0 unspecified atom stereocenters. The quantitative estimate of drug-likeness (QED) is 0.860. The maximum absolute atomic E-state index is 12.8. The SMILES string of the molecule is COc1cc(NC(=O)NCCc2ccc(F)cc2)cc(OC)c1. The molecule has 2 aromatic carbocycles. The van der Waals surface area contributed by atoms with Gasteiger partial charge in [-0.2, -0.15) is 0 Å². The fraction of sp³-hybridized carbons (Fsp3) is 0.235. The van der Waals surface area contributed by atoms with Crippen LogP contribution >= 0.6 is 0 Å². The smallest absolute Gasteiger partial charge is 0.319 e. The number of carbonyl (C=O) groups excluding carboxylic acids is 1. The Kier molecular flexibility index (Phi) is 5.80. The van der Waals surface area contributed by atoms with Gasteiger partial charge < -0.3 is 20.1 Å². The molecule has 23 heavy (non-hydrogen) atoms. The number of benzene rings is 2. The van der Waals surface area contributed by atoms with E-state index in [1.54, 1.807) is 44.6 Å². The Morgan fingerprint density at radius 3 is 2.22 bits per heavy atom. The van der Waals surface area contributed by atoms with Crippen LogP contribution in [0.4, 0.5) is 14.9 Å². The van der Waals surface area contributed by atoms with E-state index in [0.717, 1.165) is 5.56 Å². The Bertz CT molecular complexity index is 637. The van der Waals surface area contributed by atoms with Crippen LogP contribution in [0.3, 0.4) is 0 Å². The molecule has 0 atom stereocenters. The van der Waals surface area contributed by atoms with Crippen LogP contribution in [-0.2, 0) is 6.42 Å². The van der Waals surface area contributed by atoms with Crippen LogP contribution < -0.4 is 20.1 Å². The van der Waals surface area contributed by atoms with Crippen LogP contribution in [0.15, 0.2) is 42.5 Å². The van der Waals surface area contributed by atoms with Crippen LogP contribution in [0.1, 0.15) is 5.56 Å². The van der Waals surface area contributed by atoms with Crippen molar-refractivity contribution in [3.05, 3.63) is 53.8 Å². The normalized spacial score (nSPS) is 10.0. The zero-order valence-electron chi connectivity index (χ0n) is 13.1. The van der Waals surface area contributed by atoms with Crippen molar-refractivity contribution in [2.45, 2.75) is 6.42 Å². The number of hydrogen-bond acceptors (Lipinski definition) is 3. The molecule has 0 aromatic heterocycles. The molecule has 0 saturated carbocycles. The Hall–Kier alpha value is -2.76. The van der Waals surface area contributed by atoms with Crippen molar-refractivity contribution in [1.29, 1.82) is 0 Å². The van der Waals surface area contributed by atoms with E-state index in [1.807, 2.05) is 0 Å². The first kappa shape index (κ1) is 16.6. The predicted octanol–water partition coefficient (Wildman–Crippen LogP) is 3.21. The number of amides is 2. The molecule has 122 valence electrons. The number of urea groups is 1. The van der Waals surface area contributed by atoms with E-state index in [-0.39, 0.29) is 11.8 Å². The lowest BCUT2D eigenvalue weighted by Gasteiger charge is -2.11. The zero-order valence-corrected chi connectivity index (χ0v) is 13.1. The molecule has 0 aliphatic rings. The second-order valence-corrected chi connectivity index (χ2v) is 4.86. The van der Waals surface area contributed by atoms with E-state index in [4.69, 9.17) is 9.47 Å². The Morgan fingerprint density at radius 1 is 1.04 bits per heavy atom. The molecular formula is C17H19FN2O3. The van der Waals surface area contributed by atoms with Crippen molar-refractivity contribution in [2.24, 2.45) is 0 Å². The van der Waals surface area contributed by atoms with Crippen molar-refractivity contribution in [3.63, 3.8) is 0 Å². The summed E-state index contributed by atoms with van der Waals surface area (Å²) < 4.78 is 23.1. The Morgan fingerprint density at radius 2 is 1.65 bits per heavy atom. The van der Waals surface area contributed by atoms with Gasteiger partial charge in [0.25, 0.3) is 0 Å². The van der Waals surface area contributed by atoms with Crippen molar-refractivity contribution >= 4 is 11.7 Å². The highest BCUT2D eigenvalue weighted by atomic mass is 19.1. The first-order chi connectivity index (χ1) is 11.1. The van der Waals surface area contributed by atoms with E-state index < -0.39 is 0 Å². The summed E-state index contributed by atoms with van der Waals surface area (Å²) in [6, 6.07) is 11.0. The summed E-state index contributed by atoms with van der Waals surface area (Å²) in [5.41, 5.74) is 1.52. The van der Waals surface area contributed by atoms with Crippen molar-refractivity contribution in [2.75, 3.05) is 26.1 Å². The number of methoxy groups -OCH3 is 2. The lowest BCUT2D eigenvalue weighted by Crippen LogP contribution is -2.30. The minimum atomic E-state index is -0.331. The molecule has 2 aromatic rings. The first-order valence-electron chi connectivity index (χ1n) is 7.13. The predicted molar refractivity (Wildman–Crippen MR) is 86.7 cm³/mol. The van der Waals surface area contributed by atoms with Gasteiger partial charge in [0.05, 0.1) is 14.2 Å². The Labute approximate surface area is 134 Å². The van der Waals surface area contributed by atoms with Gasteiger partial charge in [0.2, 0.25) is 0 Å². The van der Waals surface area contributed by atoms with Crippen LogP contribution in [-0.4, -0.2) is 26.8 Å². The number of carbonyl (C=O) groups is 1. The summed E-state index contributed by atoms with van der Waals surface area (Å²) in [5.74, 6) is 0.906. The molecule has 0 aliphatic carbocycles. The second kappa shape index (κ2) is 8.03. The van der Waals surface area contributed by atoms with Gasteiger partial charge in [-0.1, -0.05) is 12.1 Å². The van der Waals surface area contributed by atoms with Gasteiger partial charge in [0.1, 0.15) is 17.3 Å². The van der Waals surface area contributed by atoms with Crippen molar-refractivity contribution < 1.29 is 18.7 Å². The van der Waals surface area contributed by atoms with Crippen molar-refractivity contribution in [3.8, 4) is 11.5 Å². The highest BCUT2D eigenvalue weighted by Gasteiger charge is 2.05. The summed E-state index contributed by atoms with van der Waals surface area (Å²) >= 11 is 0. The number of halogens is 1. The lowest BCUT2D eigenvalue weighted by molar-refractivity contribution is 0.252. The largest absolute Gasteiger partial charge is 0.497 e. The third-order valence-corrected chi connectivity index (χ3v) is 3.22. The molecule has 0 saturated heterocycles. The van der Waals surface area contributed by atoms with E-state index >= 15 is 0 Å². The topological polar surface area (TPSA) is 59.6 Å². The minimum absolute atomic E-state index is 0.272. The minimum Gasteiger partial charge on any atom is -0.497 e. The van der Waals surface area contributed by atoms with E-state index in [1.165, 1.54) is 12.1 Å². The fourth-order valence-corrected chi connectivity index (χ4v) is 2.03. The molecular weight excluding hydrogens is 299 g/mol. The highest BCUT2D eigenvalue weighted by molar-refractivity contribution is 5.89. The average Bonchev–Trinajstić information content (AvgIpc) is 2.56. The van der Waals surface area contributed by atoms with Gasteiger partial charge in [0, 0.05) is 30.4 Å². The molecule has 6 heteroatoms. The highest BCUT2D eigenvalue weighted by Crippen LogP contribution is 2.25. The van der Waals surface area contributed by atoms with Crippen LogP contribution in [0.2, 0.25) is 0 Å². The molecule has 0 aliphatic heterocycles. The van der Waals surface area contributed by atoms with Crippen LogP contribution in [0.5, 0.6) is 11.5 Å². The van der Waals surface area contributed by atoms with Gasteiger partial charge in [0.15, 0.2) is 0 Å². The van der Waals surface area contributed by atoms with Gasteiger partial charge in [-0.3, -0.25) is 0 Å². The van der Waals surface area contributed by atoms with E-state index in [9.17, 15) is 9.18 Å². The Balaban J connectivity index is 1.85. The standard InChI is InChI=1S/C17H19FN2O3/c1-22-15-9-14(10-16(11-15)23-2)20-17(21)19-8-7-12-3-5-13(18)6-4-12/h3-6,9-11H,7-8H2,1-2H3,(H2,19,20,21). The summed E-state index contributed by atoms with van der Waals surface area (Å²) in [6.45, 7) is 0.443. The monoisotopic (exact) mass is 318 g/mol. The van der Waals surface area contributed by atoms with Gasteiger partial charge in [-0.15, -0.1) is 0 Å². The van der Waals surface area contributed by atoms with Crippen molar-refractivity contribution in [1.82, 2.24) is 5.32 Å². The summed E-state index contributed by atoms with van der Waals surface area (Å²) in [5, 5.41) is 5.46. The first-order valence-corrected chi connectivity index (χ1v) is 7.13. The summed E-state index contributed by atoms with van der Waals surface area (Å²) in [7, 11) is 3.09. The maximum Gasteiger partial charge on any atom is 0.319 e. The van der Waals surface area contributed by atoms with Crippen LogP contribution in [0.25, 0.3) is 0 Å². The average molecular weight is 318 g/mol. The molecule has 2 rings (SSSR count). The molecule has 0 heterocycles. The van der Waals surface area contributed by atoms with Gasteiger partial charge in [-0.05, 0) is 24.1 Å². The number of anilines is 1. The number of rotatable bonds is 6. The zero-order chi connectivity index (χ0) is 16.7. The molecule has 5 nitrogen and oxygen atoms in total. The molecule has 0 spiro atoms. The number of hydrogen-bond donors (Lipinski definition) is 2. The molecule has 2 amide bonds. The molecule has 0 bridgehead atoms. The molecule has 0 fully saturated rings. The third kappa shape index (κ3) is 5.18. The number of ether oxygens (including phenoxy) is 2. The third-order valence-electron chi connectivity index (χ3n) is 3.22. The molecule has 0 radical (unpaired) electrons. The van der Waals surface area contributed by atoms with E-state index in [2.05, 4.69) is 10.6 Å². The van der Waals surface area contributed by atoms with E-state index in [0.29, 0.717) is 30.2 Å². The fourth-order valence-electron chi connectivity index (χ4n) is 2.03. The maximum atomic E-state index is 12.8. The summed E-state index contributed by atoms with van der Waals surface area (Å²) in [4.78, 5) is 11.9. The van der Waals surface area contributed by atoms with Crippen LogP contribution in [0, 0.1) is 5.82 Å². The number of nitrogens with one attached hydrogen (secondary N) is 2. The lowest BCUT2D eigenvalue weighted by atomic mass is 10.1. The van der Waals surface area contributed by atoms with Gasteiger partial charge in [-0.25, -0.2) is 9.18 Å². The van der Waals surface area contributed by atoms with Gasteiger partial charge >= 0.3 is 6.03 Å². The second-order valence-electron chi connectivity index (χ2n) is 4.86.